The van der Waals surface area contributed by atoms with E-state index in [1.807, 2.05) is 10.6 Å². The maximum Gasteiger partial charge on any atom is 0.277 e. The van der Waals surface area contributed by atoms with Crippen LogP contribution in [0.2, 0.25) is 0 Å². The van der Waals surface area contributed by atoms with Crippen molar-refractivity contribution in [3.05, 3.63) is 22.7 Å². The maximum absolute atomic E-state index is 11.8. The standard InChI is InChI=1S/C10H13N5O/c1-6(2)15-5-12-7-8(16)13-10-11-3-4-14(10)9(7)15/h3-4,6,12H,5H2,1-2H3,(H,11,13,16). The van der Waals surface area contributed by atoms with Crippen molar-refractivity contribution >= 4 is 17.3 Å². The number of aromatic nitrogens is 3. The van der Waals surface area contributed by atoms with Gasteiger partial charge in [0, 0.05) is 18.4 Å². The molecule has 0 unspecified atom stereocenters. The summed E-state index contributed by atoms with van der Waals surface area (Å²) in [6.45, 7) is 4.86. The number of aromatic amines is 1. The average molecular weight is 219 g/mol. The van der Waals surface area contributed by atoms with E-state index in [4.69, 9.17) is 0 Å². The molecular formula is C10H13N5O. The topological polar surface area (TPSA) is 65.4 Å². The zero-order valence-corrected chi connectivity index (χ0v) is 9.19. The number of nitrogens with one attached hydrogen (secondary N) is 2. The number of H-pyrrole nitrogens is 1. The lowest BCUT2D eigenvalue weighted by molar-refractivity contribution is 0.713. The molecule has 0 spiro atoms. The highest BCUT2D eigenvalue weighted by molar-refractivity contribution is 5.72. The Bertz CT molecular complexity index is 597. The normalized spacial score (nSPS) is 14.6. The lowest BCUT2D eigenvalue weighted by atomic mass is 10.3. The van der Waals surface area contributed by atoms with E-state index >= 15 is 0 Å². The van der Waals surface area contributed by atoms with Crippen LogP contribution < -0.4 is 15.8 Å². The molecule has 0 fully saturated rings. The summed E-state index contributed by atoms with van der Waals surface area (Å²) in [6, 6.07) is 0.334. The number of hydrogen-bond donors (Lipinski definition) is 2. The van der Waals surface area contributed by atoms with Gasteiger partial charge in [0.15, 0.2) is 0 Å². The van der Waals surface area contributed by atoms with Crippen LogP contribution in [-0.4, -0.2) is 27.1 Å². The molecular weight excluding hydrogens is 206 g/mol. The van der Waals surface area contributed by atoms with Crippen LogP contribution in [0, 0.1) is 0 Å². The Labute approximate surface area is 91.9 Å². The van der Waals surface area contributed by atoms with Crippen LogP contribution in [0.5, 0.6) is 0 Å². The Balaban J connectivity index is 2.36. The van der Waals surface area contributed by atoms with Gasteiger partial charge in [-0.1, -0.05) is 0 Å². The number of imidazole rings is 1. The molecule has 0 radical (unpaired) electrons. The smallest absolute Gasteiger partial charge is 0.277 e. The molecule has 3 rings (SSSR count). The van der Waals surface area contributed by atoms with E-state index in [1.54, 1.807) is 6.20 Å². The minimum absolute atomic E-state index is 0.114. The Hall–Kier alpha value is -1.98. The largest absolute Gasteiger partial charge is 0.360 e. The predicted octanol–water partition coefficient (Wildman–Crippen LogP) is 0.620. The number of hydrogen-bond acceptors (Lipinski definition) is 4. The number of nitrogens with zero attached hydrogens (tertiary/aromatic N) is 3. The second kappa shape index (κ2) is 3.01. The van der Waals surface area contributed by atoms with Gasteiger partial charge in [-0.25, -0.2) is 4.98 Å². The predicted molar refractivity (Wildman–Crippen MR) is 61.9 cm³/mol. The number of fused-ring (bicyclic) bond motifs is 3. The van der Waals surface area contributed by atoms with Gasteiger partial charge in [-0.3, -0.25) is 14.2 Å². The first-order valence-corrected chi connectivity index (χ1v) is 5.28. The summed E-state index contributed by atoms with van der Waals surface area (Å²) in [5.74, 6) is 1.48. The van der Waals surface area contributed by atoms with Crippen LogP contribution in [-0.2, 0) is 0 Å². The lowest BCUT2D eigenvalue weighted by Crippen LogP contribution is -2.31. The molecule has 2 N–H and O–H groups in total. The Morgan fingerprint density at radius 3 is 3.06 bits per heavy atom. The Kier molecular flexibility index (Phi) is 1.74. The molecule has 2 aromatic heterocycles. The van der Waals surface area contributed by atoms with Crippen LogP contribution in [0.1, 0.15) is 13.8 Å². The molecule has 0 bridgehead atoms. The van der Waals surface area contributed by atoms with Crippen molar-refractivity contribution in [3.8, 4) is 0 Å². The molecule has 16 heavy (non-hydrogen) atoms. The zero-order chi connectivity index (χ0) is 11.3. The SMILES string of the molecule is CC(C)N1CNc2c1n1ccnc1[nH]c2=O. The van der Waals surface area contributed by atoms with Gasteiger partial charge >= 0.3 is 0 Å². The maximum atomic E-state index is 11.8. The quantitative estimate of drug-likeness (QED) is 0.738. The van der Waals surface area contributed by atoms with Crippen molar-refractivity contribution in [1.29, 1.82) is 0 Å². The Morgan fingerprint density at radius 1 is 1.50 bits per heavy atom. The summed E-state index contributed by atoms with van der Waals surface area (Å²) in [5.41, 5.74) is 0.510. The van der Waals surface area contributed by atoms with Crippen molar-refractivity contribution in [2.45, 2.75) is 19.9 Å². The number of rotatable bonds is 1. The zero-order valence-electron chi connectivity index (χ0n) is 9.19. The van der Waals surface area contributed by atoms with Crippen molar-refractivity contribution in [2.24, 2.45) is 0 Å². The van der Waals surface area contributed by atoms with E-state index in [-0.39, 0.29) is 5.56 Å². The third-order valence-electron chi connectivity index (χ3n) is 2.87. The van der Waals surface area contributed by atoms with Gasteiger partial charge in [0.25, 0.3) is 5.56 Å². The molecule has 0 saturated heterocycles. The second-order valence-electron chi connectivity index (χ2n) is 4.17. The summed E-state index contributed by atoms with van der Waals surface area (Å²) in [7, 11) is 0. The van der Waals surface area contributed by atoms with Gasteiger partial charge < -0.3 is 10.2 Å². The molecule has 6 heteroatoms. The fraction of sp³-hybridized carbons (Fsp3) is 0.400. The van der Waals surface area contributed by atoms with E-state index in [9.17, 15) is 4.79 Å². The summed E-state index contributed by atoms with van der Waals surface area (Å²) >= 11 is 0. The molecule has 6 nitrogen and oxygen atoms in total. The van der Waals surface area contributed by atoms with Crippen molar-refractivity contribution in [3.63, 3.8) is 0 Å². The van der Waals surface area contributed by atoms with E-state index < -0.39 is 0 Å². The number of anilines is 2. The van der Waals surface area contributed by atoms with E-state index in [2.05, 4.69) is 34.0 Å². The van der Waals surface area contributed by atoms with Crippen LogP contribution in [0.4, 0.5) is 11.5 Å². The molecule has 0 amide bonds. The summed E-state index contributed by atoms with van der Waals surface area (Å²) < 4.78 is 1.90. The third kappa shape index (κ3) is 1.07. The van der Waals surface area contributed by atoms with E-state index in [0.29, 0.717) is 24.2 Å². The van der Waals surface area contributed by atoms with Crippen LogP contribution in [0.15, 0.2) is 17.2 Å². The molecule has 0 aromatic carbocycles. The first-order valence-electron chi connectivity index (χ1n) is 5.28. The highest BCUT2D eigenvalue weighted by Crippen LogP contribution is 2.29. The molecule has 2 aromatic rings. The molecule has 3 heterocycles. The first-order chi connectivity index (χ1) is 7.68. The van der Waals surface area contributed by atoms with Gasteiger partial charge in [0.2, 0.25) is 5.78 Å². The summed E-state index contributed by atoms with van der Waals surface area (Å²) in [6.07, 6.45) is 3.54. The fourth-order valence-electron chi connectivity index (χ4n) is 2.06. The van der Waals surface area contributed by atoms with Crippen LogP contribution >= 0.6 is 0 Å². The minimum Gasteiger partial charge on any atom is -0.360 e. The first kappa shape index (κ1) is 9.26. The monoisotopic (exact) mass is 219 g/mol. The van der Waals surface area contributed by atoms with Crippen LogP contribution in [0.25, 0.3) is 5.78 Å². The fourth-order valence-corrected chi connectivity index (χ4v) is 2.06. The third-order valence-corrected chi connectivity index (χ3v) is 2.87. The second-order valence-corrected chi connectivity index (χ2v) is 4.17. The highest BCUT2D eigenvalue weighted by Gasteiger charge is 2.26. The van der Waals surface area contributed by atoms with Crippen molar-refractivity contribution in [1.82, 2.24) is 14.4 Å². The van der Waals surface area contributed by atoms with E-state index in [1.165, 1.54) is 0 Å². The Morgan fingerprint density at radius 2 is 2.31 bits per heavy atom. The van der Waals surface area contributed by atoms with E-state index in [0.717, 1.165) is 5.82 Å². The highest BCUT2D eigenvalue weighted by atomic mass is 16.1. The minimum atomic E-state index is -0.114. The molecule has 1 aliphatic rings. The summed E-state index contributed by atoms with van der Waals surface area (Å²) in [4.78, 5) is 20.8. The van der Waals surface area contributed by atoms with Gasteiger partial charge in [-0.2, -0.15) is 0 Å². The van der Waals surface area contributed by atoms with Gasteiger partial charge in [-0.05, 0) is 13.8 Å². The molecule has 84 valence electrons. The average Bonchev–Trinajstić information content (AvgIpc) is 2.80. The molecule has 0 atom stereocenters. The molecule has 0 saturated carbocycles. The van der Waals surface area contributed by atoms with Crippen molar-refractivity contribution < 1.29 is 0 Å². The van der Waals surface area contributed by atoms with Gasteiger partial charge in [-0.15, -0.1) is 0 Å². The van der Waals surface area contributed by atoms with Crippen molar-refractivity contribution in [2.75, 3.05) is 16.9 Å². The van der Waals surface area contributed by atoms with Crippen LogP contribution in [0.3, 0.4) is 0 Å². The lowest BCUT2D eigenvalue weighted by Gasteiger charge is -2.22. The van der Waals surface area contributed by atoms with Gasteiger partial charge in [0.05, 0.1) is 6.67 Å². The molecule has 1 aliphatic heterocycles. The summed E-state index contributed by atoms with van der Waals surface area (Å²) in [5, 5.41) is 3.12. The molecule has 0 aliphatic carbocycles. The van der Waals surface area contributed by atoms with Gasteiger partial charge in [0.1, 0.15) is 11.5 Å².